The Bertz CT molecular complexity index is 837. The summed E-state index contributed by atoms with van der Waals surface area (Å²) in [5.74, 6) is 1.19. The van der Waals surface area contributed by atoms with Gasteiger partial charge in [-0.15, -0.1) is 0 Å². The fourth-order valence-corrected chi connectivity index (χ4v) is 4.53. The molecule has 0 bridgehead atoms. The Morgan fingerprint density at radius 2 is 1.84 bits per heavy atom. The van der Waals surface area contributed by atoms with E-state index in [0.29, 0.717) is 38.5 Å². The third kappa shape index (κ3) is 5.93. The topological polar surface area (TPSA) is 95.6 Å². The molecule has 2 aliphatic heterocycles. The molecule has 8 nitrogen and oxygen atoms in total. The summed E-state index contributed by atoms with van der Waals surface area (Å²) in [6.07, 6.45) is 3.81. The minimum Gasteiger partial charge on any atom is -0.384 e. The van der Waals surface area contributed by atoms with E-state index in [1.54, 1.807) is 13.2 Å². The van der Waals surface area contributed by atoms with E-state index in [1.165, 1.54) is 0 Å². The number of ether oxygens (including phenoxy) is 1. The summed E-state index contributed by atoms with van der Waals surface area (Å²) in [5, 5.41) is 0. The van der Waals surface area contributed by atoms with E-state index in [-0.39, 0.29) is 29.2 Å². The number of piperidine rings is 2. The molecule has 0 saturated carbocycles. The first kappa shape index (κ1) is 23.4. The number of carbonyl (C=O) groups is 2. The summed E-state index contributed by atoms with van der Waals surface area (Å²) in [6.45, 7) is 8.96. The van der Waals surface area contributed by atoms with Gasteiger partial charge in [0.1, 0.15) is 5.82 Å². The molecule has 2 fully saturated rings. The summed E-state index contributed by atoms with van der Waals surface area (Å²) < 4.78 is 5.00. The molecule has 2 amide bonds. The standard InChI is InChI=1S/C23H36N4O4/c1-23(2,3)22(30)27-10-5-6-17(15-27)18-14-19(28)25-21(24-18)16-7-11-26(12-8-16)20(29)9-13-31-4/h14,16-17H,5-13,15H2,1-4H3,(H,24,25,28). The molecule has 1 unspecified atom stereocenters. The van der Waals surface area contributed by atoms with Gasteiger partial charge in [0.15, 0.2) is 0 Å². The number of amides is 2. The highest BCUT2D eigenvalue weighted by atomic mass is 16.5. The summed E-state index contributed by atoms with van der Waals surface area (Å²) in [4.78, 5) is 48.9. The van der Waals surface area contributed by atoms with E-state index < -0.39 is 5.41 Å². The predicted molar refractivity (Wildman–Crippen MR) is 118 cm³/mol. The molecule has 3 heterocycles. The van der Waals surface area contributed by atoms with Gasteiger partial charge in [-0.1, -0.05) is 20.8 Å². The van der Waals surface area contributed by atoms with Gasteiger partial charge in [-0.3, -0.25) is 14.4 Å². The normalized spacial score (nSPS) is 20.7. The van der Waals surface area contributed by atoms with Crippen LogP contribution >= 0.6 is 0 Å². The number of H-pyrrole nitrogens is 1. The first-order valence-corrected chi connectivity index (χ1v) is 11.4. The Morgan fingerprint density at radius 1 is 1.13 bits per heavy atom. The summed E-state index contributed by atoms with van der Waals surface area (Å²) in [5.41, 5.74) is 0.227. The minimum atomic E-state index is -0.413. The van der Waals surface area contributed by atoms with E-state index in [9.17, 15) is 14.4 Å². The van der Waals surface area contributed by atoms with Gasteiger partial charge in [0, 0.05) is 56.6 Å². The Hall–Kier alpha value is -2.22. The highest BCUT2D eigenvalue weighted by Crippen LogP contribution is 2.30. The lowest BCUT2D eigenvalue weighted by Crippen LogP contribution is -2.45. The smallest absolute Gasteiger partial charge is 0.251 e. The van der Waals surface area contributed by atoms with Crippen molar-refractivity contribution in [2.75, 3.05) is 39.9 Å². The predicted octanol–water partition coefficient (Wildman–Crippen LogP) is 2.26. The lowest BCUT2D eigenvalue weighted by molar-refractivity contribution is -0.140. The van der Waals surface area contributed by atoms with Crippen LogP contribution in [-0.2, 0) is 14.3 Å². The van der Waals surface area contributed by atoms with Crippen molar-refractivity contribution in [3.63, 3.8) is 0 Å². The number of hydrogen-bond donors (Lipinski definition) is 1. The zero-order valence-corrected chi connectivity index (χ0v) is 19.3. The van der Waals surface area contributed by atoms with Crippen molar-refractivity contribution in [3.8, 4) is 0 Å². The largest absolute Gasteiger partial charge is 0.384 e. The first-order chi connectivity index (χ1) is 14.7. The maximum absolute atomic E-state index is 12.7. The van der Waals surface area contributed by atoms with Crippen molar-refractivity contribution in [1.29, 1.82) is 0 Å². The lowest BCUT2D eigenvalue weighted by Gasteiger charge is -2.36. The molecule has 1 N–H and O–H groups in total. The third-order valence-corrected chi connectivity index (χ3v) is 6.30. The highest BCUT2D eigenvalue weighted by Gasteiger charge is 2.32. The number of rotatable bonds is 5. The summed E-state index contributed by atoms with van der Waals surface area (Å²) in [6, 6.07) is 1.59. The molecule has 1 aromatic rings. The molecular weight excluding hydrogens is 396 g/mol. The second-order valence-corrected chi connectivity index (χ2v) is 9.79. The van der Waals surface area contributed by atoms with Crippen molar-refractivity contribution in [2.45, 2.75) is 64.7 Å². The molecule has 3 rings (SSSR count). The van der Waals surface area contributed by atoms with Gasteiger partial charge < -0.3 is 19.5 Å². The molecule has 0 aromatic carbocycles. The number of aromatic nitrogens is 2. The van der Waals surface area contributed by atoms with E-state index >= 15 is 0 Å². The monoisotopic (exact) mass is 432 g/mol. The quantitative estimate of drug-likeness (QED) is 0.770. The number of methoxy groups -OCH3 is 1. The van der Waals surface area contributed by atoms with Gasteiger partial charge in [0.2, 0.25) is 11.8 Å². The molecule has 2 saturated heterocycles. The Morgan fingerprint density at radius 3 is 2.48 bits per heavy atom. The van der Waals surface area contributed by atoms with Crippen LogP contribution in [-0.4, -0.2) is 71.5 Å². The molecule has 0 radical (unpaired) electrons. The van der Waals surface area contributed by atoms with E-state index in [4.69, 9.17) is 9.72 Å². The van der Waals surface area contributed by atoms with Crippen LogP contribution in [0.5, 0.6) is 0 Å². The van der Waals surface area contributed by atoms with Crippen LogP contribution in [0.1, 0.15) is 76.2 Å². The molecule has 1 atom stereocenters. The van der Waals surface area contributed by atoms with Crippen molar-refractivity contribution >= 4 is 11.8 Å². The molecule has 172 valence electrons. The zero-order chi connectivity index (χ0) is 22.6. The van der Waals surface area contributed by atoms with Crippen LogP contribution in [0.25, 0.3) is 0 Å². The van der Waals surface area contributed by atoms with Crippen LogP contribution in [0.15, 0.2) is 10.9 Å². The molecule has 2 aliphatic rings. The fourth-order valence-electron chi connectivity index (χ4n) is 4.53. The van der Waals surface area contributed by atoms with Gasteiger partial charge in [0.25, 0.3) is 5.56 Å². The zero-order valence-electron chi connectivity index (χ0n) is 19.3. The van der Waals surface area contributed by atoms with Crippen LogP contribution < -0.4 is 5.56 Å². The van der Waals surface area contributed by atoms with Crippen molar-refractivity contribution < 1.29 is 14.3 Å². The highest BCUT2D eigenvalue weighted by molar-refractivity contribution is 5.81. The molecular formula is C23H36N4O4. The summed E-state index contributed by atoms with van der Waals surface area (Å²) in [7, 11) is 1.60. The van der Waals surface area contributed by atoms with E-state index in [1.807, 2.05) is 30.6 Å². The maximum Gasteiger partial charge on any atom is 0.251 e. The summed E-state index contributed by atoms with van der Waals surface area (Å²) >= 11 is 0. The van der Waals surface area contributed by atoms with Crippen LogP contribution in [0.3, 0.4) is 0 Å². The van der Waals surface area contributed by atoms with Gasteiger partial charge in [-0.25, -0.2) is 4.98 Å². The third-order valence-electron chi connectivity index (χ3n) is 6.30. The van der Waals surface area contributed by atoms with Gasteiger partial charge in [0.05, 0.1) is 18.7 Å². The molecule has 0 aliphatic carbocycles. The van der Waals surface area contributed by atoms with E-state index in [2.05, 4.69) is 4.98 Å². The average molecular weight is 433 g/mol. The molecule has 8 heteroatoms. The van der Waals surface area contributed by atoms with Gasteiger partial charge in [-0.2, -0.15) is 0 Å². The number of nitrogens with one attached hydrogen (secondary N) is 1. The van der Waals surface area contributed by atoms with Crippen molar-refractivity contribution in [1.82, 2.24) is 19.8 Å². The fraction of sp³-hybridized carbons (Fsp3) is 0.739. The van der Waals surface area contributed by atoms with Crippen molar-refractivity contribution in [3.05, 3.63) is 27.9 Å². The Balaban J connectivity index is 1.68. The van der Waals surface area contributed by atoms with E-state index in [0.717, 1.165) is 37.9 Å². The SMILES string of the molecule is COCCC(=O)N1CCC(c2nc(C3CCCN(C(=O)C(C)(C)C)C3)cc(=O)[nH]2)CC1. The lowest BCUT2D eigenvalue weighted by atomic mass is 9.89. The van der Waals surface area contributed by atoms with Gasteiger partial charge in [-0.05, 0) is 25.7 Å². The van der Waals surface area contributed by atoms with Crippen LogP contribution in [0.2, 0.25) is 0 Å². The average Bonchev–Trinajstić information content (AvgIpc) is 2.76. The van der Waals surface area contributed by atoms with Crippen LogP contribution in [0, 0.1) is 5.41 Å². The van der Waals surface area contributed by atoms with Crippen molar-refractivity contribution in [2.24, 2.45) is 5.41 Å². The maximum atomic E-state index is 12.7. The van der Waals surface area contributed by atoms with Crippen LogP contribution in [0.4, 0.5) is 0 Å². The molecule has 31 heavy (non-hydrogen) atoms. The Kier molecular flexibility index (Phi) is 7.51. The molecule has 0 spiro atoms. The number of nitrogens with zero attached hydrogens (tertiary/aromatic N) is 3. The number of carbonyl (C=O) groups excluding carboxylic acids is 2. The van der Waals surface area contributed by atoms with Gasteiger partial charge >= 0.3 is 0 Å². The first-order valence-electron chi connectivity index (χ1n) is 11.4. The molecule has 1 aromatic heterocycles. The second kappa shape index (κ2) is 9.94. The number of aromatic amines is 1. The number of hydrogen-bond acceptors (Lipinski definition) is 5. The number of likely N-dealkylation sites (tertiary alicyclic amines) is 2. The Labute approximate surface area is 184 Å². The minimum absolute atomic E-state index is 0.0804. The second-order valence-electron chi connectivity index (χ2n) is 9.79.